The number of imidazole rings is 1. The molecule has 2 N–H and O–H groups in total. The van der Waals surface area contributed by atoms with Gasteiger partial charge in [0.2, 0.25) is 0 Å². The van der Waals surface area contributed by atoms with E-state index < -0.39 is 0 Å². The summed E-state index contributed by atoms with van der Waals surface area (Å²) in [5.74, 6) is 0.848. The fraction of sp³-hybridized carbons (Fsp3) is 0.318. The van der Waals surface area contributed by atoms with Crippen molar-refractivity contribution in [3.63, 3.8) is 0 Å². The maximum absolute atomic E-state index is 5.45. The van der Waals surface area contributed by atoms with Crippen LogP contribution in [-0.2, 0) is 4.74 Å². The maximum Gasteiger partial charge on any atom is 0.138 e. The normalized spacial score (nSPS) is 15.5. The lowest BCUT2D eigenvalue weighted by atomic mass is 10.2. The van der Waals surface area contributed by atoms with E-state index in [2.05, 4.69) is 35.3 Å². The number of ether oxygens (including phenoxy) is 1. The fourth-order valence-electron chi connectivity index (χ4n) is 2.93. The van der Waals surface area contributed by atoms with Gasteiger partial charge in [-0.15, -0.1) is 0 Å². The highest BCUT2D eigenvalue weighted by atomic mass is 16.5. The number of hydrogen-bond donors (Lipinski definition) is 2. The molecule has 1 saturated heterocycles. The third-order valence-corrected chi connectivity index (χ3v) is 4.27. The highest BCUT2D eigenvalue weighted by Crippen LogP contribution is 2.16. The molecule has 144 valence electrons. The third-order valence-electron chi connectivity index (χ3n) is 4.27. The smallest absolute Gasteiger partial charge is 0.138 e. The van der Waals surface area contributed by atoms with E-state index in [0.717, 1.165) is 59.8 Å². The number of anilines is 1. The molecule has 1 aliphatic rings. The molecule has 5 heteroatoms. The lowest BCUT2D eigenvalue weighted by Gasteiger charge is -2.28. The van der Waals surface area contributed by atoms with Crippen molar-refractivity contribution in [2.45, 2.75) is 20.8 Å². The summed E-state index contributed by atoms with van der Waals surface area (Å²) in [6.07, 6.45) is 5.41. The average Bonchev–Trinajstić information content (AvgIpc) is 3.14. The van der Waals surface area contributed by atoms with Crippen LogP contribution in [0, 0.1) is 0 Å². The summed E-state index contributed by atoms with van der Waals surface area (Å²) >= 11 is 0. The lowest BCUT2D eigenvalue weighted by molar-refractivity contribution is 0.0629. The highest BCUT2D eigenvalue weighted by Gasteiger charge is 2.13. The molecule has 0 atom stereocenters. The largest absolute Gasteiger partial charge is 0.378 e. The van der Waals surface area contributed by atoms with E-state index >= 15 is 0 Å². The molecule has 0 amide bonds. The summed E-state index contributed by atoms with van der Waals surface area (Å²) in [6, 6.07) is 8.09. The van der Waals surface area contributed by atoms with Gasteiger partial charge in [-0.2, -0.15) is 0 Å². The molecule has 2 heterocycles. The predicted molar refractivity (Wildman–Crippen MR) is 115 cm³/mol. The summed E-state index contributed by atoms with van der Waals surface area (Å²) in [5, 5.41) is 5.01. The Morgan fingerprint density at radius 2 is 1.85 bits per heavy atom. The number of benzene rings is 1. The summed E-state index contributed by atoms with van der Waals surface area (Å²) in [7, 11) is 0. The van der Waals surface area contributed by atoms with Gasteiger partial charge >= 0.3 is 0 Å². The summed E-state index contributed by atoms with van der Waals surface area (Å²) in [5.41, 5.74) is 3.19. The Morgan fingerprint density at radius 1 is 1.19 bits per heavy atom. The van der Waals surface area contributed by atoms with E-state index in [1.54, 1.807) is 12.3 Å². The molecule has 1 aromatic carbocycles. The van der Waals surface area contributed by atoms with Crippen molar-refractivity contribution >= 4 is 17.5 Å². The second-order valence-corrected chi connectivity index (χ2v) is 5.86. The van der Waals surface area contributed by atoms with E-state index in [9.17, 15) is 0 Å². The monoisotopic (exact) mass is 366 g/mol. The molecule has 27 heavy (non-hydrogen) atoms. The zero-order chi connectivity index (χ0) is 19.6. The van der Waals surface area contributed by atoms with Crippen LogP contribution in [0.1, 0.15) is 20.8 Å². The zero-order valence-electron chi connectivity index (χ0n) is 16.6. The Balaban J connectivity index is 0.00000126. The summed E-state index contributed by atoms with van der Waals surface area (Å²) < 4.78 is 5.45. The third kappa shape index (κ3) is 5.11. The van der Waals surface area contributed by atoms with Crippen molar-refractivity contribution in [3.8, 4) is 11.4 Å². The highest BCUT2D eigenvalue weighted by molar-refractivity contribution is 5.61. The molecular formula is C22H30N4O. The van der Waals surface area contributed by atoms with Gasteiger partial charge < -0.3 is 19.9 Å². The molecule has 0 unspecified atom stereocenters. The number of hydrogen-bond acceptors (Lipinski definition) is 4. The molecule has 1 fully saturated rings. The molecule has 0 bridgehead atoms. The second kappa shape index (κ2) is 10.4. The van der Waals surface area contributed by atoms with Crippen LogP contribution in [0.4, 0.5) is 5.69 Å². The van der Waals surface area contributed by atoms with Gasteiger partial charge in [-0.3, -0.25) is 0 Å². The van der Waals surface area contributed by atoms with Gasteiger partial charge in [0.15, 0.2) is 0 Å². The average molecular weight is 367 g/mol. The van der Waals surface area contributed by atoms with E-state index in [-0.39, 0.29) is 0 Å². The first-order valence-corrected chi connectivity index (χ1v) is 9.43. The number of aromatic nitrogens is 2. The van der Waals surface area contributed by atoms with Gasteiger partial charge in [0, 0.05) is 30.0 Å². The number of nitrogens with zero attached hydrogens (tertiary/aromatic N) is 2. The number of allylic oxidation sites excluding steroid dienone is 1. The maximum atomic E-state index is 5.45. The molecule has 1 aromatic heterocycles. The van der Waals surface area contributed by atoms with E-state index in [1.165, 1.54) is 0 Å². The summed E-state index contributed by atoms with van der Waals surface area (Å²) in [4.78, 5) is 10.6. The fourth-order valence-corrected chi connectivity index (χ4v) is 2.93. The SMILES string of the molecule is C=C/C=c1/[nH]c(-c2ccc(NC=C)cc2)n/c1=C(/C)N1CCOCC1.CC. The predicted octanol–water partition coefficient (Wildman–Crippen LogP) is 3.09. The molecule has 0 radical (unpaired) electrons. The molecule has 2 aromatic rings. The Kier molecular flexibility index (Phi) is 7.89. The molecule has 5 nitrogen and oxygen atoms in total. The van der Waals surface area contributed by atoms with Crippen LogP contribution in [0.3, 0.4) is 0 Å². The van der Waals surface area contributed by atoms with Crippen LogP contribution in [0.5, 0.6) is 0 Å². The minimum absolute atomic E-state index is 0.757. The van der Waals surface area contributed by atoms with Crippen LogP contribution in [0.2, 0.25) is 0 Å². The Bertz CT molecular complexity index is 859. The number of rotatable bonds is 5. The van der Waals surface area contributed by atoms with Crippen molar-refractivity contribution in [1.82, 2.24) is 14.9 Å². The minimum atomic E-state index is 0.757. The van der Waals surface area contributed by atoms with Gasteiger partial charge in [-0.1, -0.05) is 33.1 Å². The number of H-pyrrole nitrogens is 1. The number of aromatic amines is 1. The molecule has 0 saturated carbocycles. The first kappa shape index (κ1) is 20.5. The van der Waals surface area contributed by atoms with Gasteiger partial charge in [0.1, 0.15) is 11.2 Å². The molecular weight excluding hydrogens is 336 g/mol. The van der Waals surface area contributed by atoms with Crippen molar-refractivity contribution in [2.24, 2.45) is 0 Å². The van der Waals surface area contributed by atoms with Crippen LogP contribution >= 0.6 is 0 Å². The Morgan fingerprint density at radius 3 is 2.44 bits per heavy atom. The topological polar surface area (TPSA) is 53.2 Å². The molecule has 1 aliphatic heterocycles. The van der Waals surface area contributed by atoms with Crippen molar-refractivity contribution in [2.75, 3.05) is 31.6 Å². The van der Waals surface area contributed by atoms with Crippen LogP contribution in [0.25, 0.3) is 23.2 Å². The van der Waals surface area contributed by atoms with Gasteiger partial charge in [-0.25, -0.2) is 4.98 Å². The molecule has 3 rings (SSSR count). The number of morpholine rings is 1. The number of nitrogens with one attached hydrogen (secondary N) is 2. The standard InChI is InChI=1S/C20H24N4O.C2H6/c1-4-6-18-19(15(3)24-11-13-25-14-12-24)23-20(22-18)16-7-9-17(10-8-16)21-5-2;1-2/h4-10,21H,1-2,11-14H2,3H3,(H,22,23);1-2H3/b18-6+,19-15-;. The zero-order valence-corrected chi connectivity index (χ0v) is 16.6. The first-order valence-electron chi connectivity index (χ1n) is 9.43. The summed E-state index contributed by atoms with van der Waals surface area (Å²) in [6.45, 7) is 16.9. The van der Waals surface area contributed by atoms with E-state index in [0.29, 0.717) is 0 Å². The van der Waals surface area contributed by atoms with Gasteiger partial charge in [0.25, 0.3) is 0 Å². The minimum Gasteiger partial charge on any atom is -0.378 e. The van der Waals surface area contributed by atoms with Crippen LogP contribution in [0.15, 0.2) is 49.7 Å². The quantitative estimate of drug-likeness (QED) is 0.854. The lowest BCUT2D eigenvalue weighted by Crippen LogP contribution is -2.40. The van der Waals surface area contributed by atoms with Crippen LogP contribution < -0.4 is 16.0 Å². The van der Waals surface area contributed by atoms with Crippen LogP contribution in [-0.4, -0.2) is 41.2 Å². The van der Waals surface area contributed by atoms with Crippen molar-refractivity contribution in [1.29, 1.82) is 0 Å². The van der Waals surface area contributed by atoms with E-state index in [4.69, 9.17) is 9.72 Å². The first-order chi connectivity index (χ1) is 13.2. The molecule has 0 aliphatic carbocycles. The molecule has 0 spiro atoms. The van der Waals surface area contributed by atoms with Gasteiger partial charge in [-0.05, 0) is 43.5 Å². The Labute approximate surface area is 161 Å². The van der Waals surface area contributed by atoms with Crippen molar-refractivity contribution < 1.29 is 4.74 Å². The van der Waals surface area contributed by atoms with Crippen molar-refractivity contribution in [3.05, 3.63) is 60.4 Å². The van der Waals surface area contributed by atoms with Gasteiger partial charge in [0.05, 0.1) is 18.6 Å². The second-order valence-electron chi connectivity index (χ2n) is 5.86. The van der Waals surface area contributed by atoms with E-state index in [1.807, 2.05) is 44.2 Å². The Hall–Kier alpha value is -2.79.